The minimum atomic E-state index is 0.553. The maximum absolute atomic E-state index is 5.68. The first kappa shape index (κ1) is 13.8. The summed E-state index contributed by atoms with van der Waals surface area (Å²) in [4.78, 5) is 4.35. The fraction of sp³-hybridized carbons (Fsp3) is 0.615. The fourth-order valence-electron chi connectivity index (χ4n) is 1.38. The Morgan fingerprint density at radius 3 is 2.88 bits per heavy atom. The van der Waals surface area contributed by atoms with Crippen LogP contribution in [0.25, 0.3) is 0 Å². The molecule has 0 radical (unpaired) electrons. The van der Waals surface area contributed by atoms with E-state index in [0.717, 1.165) is 24.3 Å². The van der Waals surface area contributed by atoms with E-state index in [-0.39, 0.29) is 0 Å². The molecule has 3 N–H and O–H groups in total. The van der Waals surface area contributed by atoms with Gasteiger partial charge in [0.05, 0.1) is 6.61 Å². The molecule has 0 amide bonds. The number of hydrogen-bond acceptors (Lipinski definition) is 4. The monoisotopic (exact) mass is 237 g/mol. The molecule has 4 heteroatoms. The Morgan fingerprint density at radius 1 is 1.47 bits per heavy atom. The van der Waals surface area contributed by atoms with E-state index in [1.807, 2.05) is 19.1 Å². The van der Waals surface area contributed by atoms with Gasteiger partial charge < -0.3 is 15.8 Å². The van der Waals surface area contributed by atoms with E-state index in [9.17, 15) is 0 Å². The van der Waals surface area contributed by atoms with Gasteiger partial charge in [0.1, 0.15) is 0 Å². The third kappa shape index (κ3) is 5.04. The van der Waals surface area contributed by atoms with E-state index in [0.29, 0.717) is 24.9 Å². The summed E-state index contributed by atoms with van der Waals surface area (Å²) in [5, 5.41) is 3.23. The van der Waals surface area contributed by atoms with Gasteiger partial charge in [-0.1, -0.05) is 20.3 Å². The second kappa shape index (κ2) is 7.12. The molecule has 0 bridgehead atoms. The van der Waals surface area contributed by atoms with Crippen molar-refractivity contribution in [3.8, 4) is 5.88 Å². The average Bonchev–Trinajstić information content (AvgIpc) is 2.32. The number of nitrogens with one attached hydrogen (secondary N) is 1. The van der Waals surface area contributed by atoms with Crippen LogP contribution in [0.5, 0.6) is 5.88 Å². The molecular formula is C13H23N3O. The predicted molar refractivity (Wildman–Crippen MR) is 71.5 cm³/mol. The predicted octanol–water partition coefficient (Wildman–Crippen LogP) is 2.19. The molecule has 1 rings (SSSR count). The van der Waals surface area contributed by atoms with Gasteiger partial charge in [0, 0.05) is 30.5 Å². The van der Waals surface area contributed by atoms with Gasteiger partial charge in [-0.2, -0.15) is 0 Å². The van der Waals surface area contributed by atoms with Gasteiger partial charge in [0.2, 0.25) is 5.88 Å². The van der Waals surface area contributed by atoms with Crippen molar-refractivity contribution < 1.29 is 4.74 Å². The Bertz CT molecular complexity index is 341. The average molecular weight is 237 g/mol. The Kier molecular flexibility index (Phi) is 5.77. The normalized spacial score (nSPS) is 12.2. The molecule has 0 aromatic carbocycles. The fourth-order valence-corrected chi connectivity index (χ4v) is 1.38. The SMILES string of the molecule is CCC(C)COc1cc(NCCN)cc(C)n1. The summed E-state index contributed by atoms with van der Waals surface area (Å²) in [5.41, 5.74) is 7.43. The van der Waals surface area contributed by atoms with Crippen LogP contribution in [0.15, 0.2) is 12.1 Å². The first-order valence-corrected chi connectivity index (χ1v) is 6.21. The number of ether oxygens (including phenoxy) is 1. The van der Waals surface area contributed by atoms with Crippen LogP contribution in [-0.4, -0.2) is 24.7 Å². The van der Waals surface area contributed by atoms with Crippen LogP contribution in [0, 0.1) is 12.8 Å². The van der Waals surface area contributed by atoms with Crippen LogP contribution in [0.3, 0.4) is 0 Å². The van der Waals surface area contributed by atoms with Gasteiger partial charge in [-0.3, -0.25) is 0 Å². The highest BCUT2D eigenvalue weighted by molar-refractivity contribution is 5.47. The molecule has 1 atom stereocenters. The van der Waals surface area contributed by atoms with Gasteiger partial charge in [0.15, 0.2) is 0 Å². The van der Waals surface area contributed by atoms with Crippen molar-refractivity contribution in [2.24, 2.45) is 11.7 Å². The second-order valence-electron chi connectivity index (χ2n) is 4.38. The van der Waals surface area contributed by atoms with E-state index >= 15 is 0 Å². The van der Waals surface area contributed by atoms with E-state index in [2.05, 4.69) is 24.1 Å². The summed E-state index contributed by atoms with van der Waals surface area (Å²) in [6.45, 7) is 8.38. The Morgan fingerprint density at radius 2 is 2.24 bits per heavy atom. The summed E-state index contributed by atoms with van der Waals surface area (Å²) in [6.07, 6.45) is 1.12. The lowest BCUT2D eigenvalue weighted by molar-refractivity contribution is 0.247. The molecule has 0 saturated carbocycles. The molecule has 0 aliphatic carbocycles. The molecule has 0 spiro atoms. The third-order valence-corrected chi connectivity index (χ3v) is 2.62. The van der Waals surface area contributed by atoms with E-state index < -0.39 is 0 Å². The number of pyridine rings is 1. The van der Waals surface area contributed by atoms with Gasteiger partial charge in [-0.25, -0.2) is 4.98 Å². The van der Waals surface area contributed by atoms with Gasteiger partial charge in [-0.05, 0) is 18.9 Å². The zero-order valence-corrected chi connectivity index (χ0v) is 11.0. The number of aryl methyl sites for hydroxylation is 1. The molecule has 1 aromatic heterocycles. The van der Waals surface area contributed by atoms with Crippen molar-refractivity contribution >= 4 is 5.69 Å². The maximum atomic E-state index is 5.68. The molecule has 0 fully saturated rings. The van der Waals surface area contributed by atoms with Crippen molar-refractivity contribution in [2.75, 3.05) is 25.0 Å². The van der Waals surface area contributed by atoms with Crippen molar-refractivity contribution in [1.82, 2.24) is 4.98 Å². The van der Waals surface area contributed by atoms with Crippen molar-refractivity contribution in [2.45, 2.75) is 27.2 Å². The van der Waals surface area contributed by atoms with Crippen LogP contribution in [0.4, 0.5) is 5.69 Å². The largest absolute Gasteiger partial charge is 0.477 e. The smallest absolute Gasteiger partial charge is 0.215 e. The number of hydrogen-bond donors (Lipinski definition) is 2. The molecule has 0 aliphatic heterocycles. The Balaban J connectivity index is 2.61. The van der Waals surface area contributed by atoms with Gasteiger partial charge in [0.25, 0.3) is 0 Å². The van der Waals surface area contributed by atoms with Crippen molar-refractivity contribution in [3.05, 3.63) is 17.8 Å². The van der Waals surface area contributed by atoms with E-state index in [4.69, 9.17) is 10.5 Å². The number of anilines is 1. The number of rotatable bonds is 7. The molecular weight excluding hydrogens is 214 g/mol. The lowest BCUT2D eigenvalue weighted by atomic mass is 10.1. The second-order valence-corrected chi connectivity index (χ2v) is 4.38. The summed E-state index contributed by atoms with van der Waals surface area (Å²) in [5.74, 6) is 1.24. The lowest BCUT2D eigenvalue weighted by Gasteiger charge is -2.12. The molecule has 4 nitrogen and oxygen atoms in total. The molecule has 17 heavy (non-hydrogen) atoms. The van der Waals surface area contributed by atoms with E-state index in [1.165, 1.54) is 0 Å². The zero-order valence-electron chi connectivity index (χ0n) is 11.0. The third-order valence-electron chi connectivity index (χ3n) is 2.62. The van der Waals surface area contributed by atoms with Crippen molar-refractivity contribution in [3.63, 3.8) is 0 Å². The van der Waals surface area contributed by atoms with Crippen LogP contribution >= 0.6 is 0 Å². The number of nitrogens with zero attached hydrogens (tertiary/aromatic N) is 1. The molecule has 96 valence electrons. The minimum absolute atomic E-state index is 0.553. The molecule has 1 aromatic rings. The first-order chi connectivity index (χ1) is 8.15. The highest BCUT2D eigenvalue weighted by atomic mass is 16.5. The highest BCUT2D eigenvalue weighted by Gasteiger charge is 2.04. The number of nitrogens with two attached hydrogens (primary N) is 1. The number of aromatic nitrogens is 1. The Labute approximate surface area is 104 Å². The lowest BCUT2D eigenvalue weighted by Crippen LogP contribution is -2.14. The minimum Gasteiger partial charge on any atom is -0.477 e. The Hall–Kier alpha value is -1.29. The van der Waals surface area contributed by atoms with Crippen LogP contribution < -0.4 is 15.8 Å². The maximum Gasteiger partial charge on any atom is 0.215 e. The quantitative estimate of drug-likeness (QED) is 0.763. The highest BCUT2D eigenvalue weighted by Crippen LogP contribution is 2.17. The molecule has 1 unspecified atom stereocenters. The summed E-state index contributed by atoms with van der Waals surface area (Å²) in [7, 11) is 0. The molecule has 1 heterocycles. The summed E-state index contributed by atoms with van der Waals surface area (Å²) in [6, 6.07) is 3.91. The van der Waals surface area contributed by atoms with Crippen molar-refractivity contribution in [1.29, 1.82) is 0 Å². The van der Waals surface area contributed by atoms with Crippen LogP contribution in [0.1, 0.15) is 26.0 Å². The van der Waals surface area contributed by atoms with Crippen LogP contribution in [0.2, 0.25) is 0 Å². The molecule has 0 saturated heterocycles. The molecule has 0 aliphatic rings. The van der Waals surface area contributed by atoms with Crippen LogP contribution in [-0.2, 0) is 0 Å². The zero-order chi connectivity index (χ0) is 12.7. The van der Waals surface area contributed by atoms with Gasteiger partial charge in [-0.15, -0.1) is 0 Å². The summed E-state index contributed by atoms with van der Waals surface area (Å²) < 4.78 is 5.68. The van der Waals surface area contributed by atoms with Gasteiger partial charge >= 0.3 is 0 Å². The standard InChI is InChI=1S/C13H23N3O/c1-4-10(2)9-17-13-8-12(15-6-5-14)7-11(3)16-13/h7-8,10H,4-6,9,14H2,1-3H3,(H,15,16). The first-order valence-electron chi connectivity index (χ1n) is 6.21. The summed E-state index contributed by atoms with van der Waals surface area (Å²) >= 11 is 0. The topological polar surface area (TPSA) is 60.2 Å². The van der Waals surface area contributed by atoms with E-state index in [1.54, 1.807) is 0 Å².